The zero-order chi connectivity index (χ0) is 18.1. The second-order valence-corrected chi connectivity index (χ2v) is 7.22. The molecule has 1 aromatic heterocycles. The van der Waals surface area contributed by atoms with Gasteiger partial charge in [0.15, 0.2) is 0 Å². The van der Waals surface area contributed by atoms with E-state index in [9.17, 15) is 4.79 Å². The van der Waals surface area contributed by atoms with Crippen molar-refractivity contribution in [3.63, 3.8) is 0 Å². The number of hydrogen-bond acceptors (Lipinski definition) is 2. The molecule has 0 saturated heterocycles. The van der Waals surface area contributed by atoms with Crippen LogP contribution >= 0.6 is 11.6 Å². The molecule has 1 unspecified atom stereocenters. The van der Waals surface area contributed by atoms with Gasteiger partial charge in [-0.1, -0.05) is 35.9 Å². The third-order valence-electron chi connectivity index (χ3n) is 5.03. The molecule has 1 heterocycles. The molecule has 1 aliphatic rings. The number of H-pyrrole nitrogens is 1. The number of amides is 1. The summed E-state index contributed by atoms with van der Waals surface area (Å²) in [6, 6.07) is 17.8. The Hall–Kier alpha value is -2.77. The topological polar surface area (TPSA) is 68.7 Å². The molecule has 2 N–H and O–H groups in total. The van der Waals surface area contributed by atoms with Crippen molar-refractivity contribution in [1.82, 2.24) is 10.3 Å². The minimum Gasteiger partial charge on any atom is -0.351 e. The highest BCUT2D eigenvalue weighted by Crippen LogP contribution is 2.34. The first-order valence-corrected chi connectivity index (χ1v) is 9.05. The minimum absolute atomic E-state index is 0.0192. The SMILES string of the molecule is N#CC[C@H]1CC(NC(=O)c2cc3cc(Cl)ccc3[nH]2)Cc2ccccc21. The van der Waals surface area contributed by atoms with E-state index in [4.69, 9.17) is 16.9 Å². The molecule has 3 aromatic rings. The number of fused-ring (bicyclic) bond motifs is 2. The molecule has 5 heteroatoms. The Labute approximate surface area is 156 Å². The van der Waals surface area contributed by atoms with Gasteiger partial charge in [0.1, 0.15) is 5.69 Å². The van der Waals surface area contributed by atoms with Crippen LogP contribution in [-0.2, 0) is 6.42 Å². The lowest BCUT2D eigenvalue weighted by atomic mass is 9.79. The molecule has 0 aliphatic heterocycles. The van der Waals surface area contributed by atoms with Crippen molar-refractivity contribution in [3.8, 4) is 6.07 Å². The Balaban J connectivity index is 1.54. The summed E-state index contributed by atoms with van der Waals surface area (Å²) in [5.74, 6) is 0.0363. The smallest absolute Gasteiger partial charge is 0.267 e. The Bertz CT molecular complexity index is 1020. The van der Waals surface area contributed by atoms with Gasteiger partial charge in [0.2, 0.25) is 0 Å². The van der Waals surface area contributed by atoms with Crippen LogP contribution in [0.3, 0.4) is 0 Å². The number of carbonyl (C=O) groups excluding carboxylic acids is 1. The number of aromatic nitrogens is 1. The monoisotopic (exact) mass is 363 g/mol. The van der Waals surface area contributed by atoms with Crippen LogP contribution in [-0.4, -0.2) is 16.9 Å². The van der Waals surface area contributed by atoms with Crippen molar-refractivity contribution in [1.29, 1.82) is 5.26 Å². The van der Waals surface area contributed by atoms with Crippen LogP contribution in [0.2, 0.25) is 5.02 Å². The Kier molecular flexibility index (Phi) is 4.40. The van der Waals surface area contributed by atoms with Crippen molar-refractivity contribution in [2.75, 3.05) is 0 Å². The van der Waals surface area contributed by atoms with Crippen LogP contribution < -0.4 is 5.32 Å². The van der Waals surface area contributed by atoms with Gasteiger partial charge in [-0.3, -0.25) is 4.79 Å². The fourth-order valence-electron chi connectivity index (χ4n) is 3.84. The summed E-state index contributed by atoms with van der Waals surface area (Å²) in [4.78, 5) is 15.8. The predicted octanol–water partition coefficient (Wildman–Crippen LogP) is 4.56. The normalized spacial score (nSPS) is 18.9. The van der Waals surface area contributed by atoms with Gasteiger partial charge in [-0.25, -0.2) is 0 Å². The van der Waals surface area contributed by atoms with Crippen LogP contribution in [0.15, 0.2) is 48.5 Å². The zero-order valence-electron chi connectivity index (χ0n) is 14.1. The highest BCUT2D eigenvalue weighted by atomic mass is 35.5. The number of benzene rings is 2. The van der Waals surface area contributed by atoms with E-state index in [-0.39, 0.29) is 17.9 Å². The van der Waals surface area contributed by atoms with Crippen molar-refractivity contribution in [3.05, 3.63) is 70.4 Å². The molecule has 4 rings (SSSR count). The van der Waals surface area contributed by atoms with Crippen LogP contribution in [0, 0.1) is 11.3 Å². The molecular weight excluding hydrogens is 346 g/mol. The van der Waals surface area contributed by atoms with Crippen molar-refractivity contribution < 1.29 is 4.79 Å². The van der Waals surface area contributed by atoms with Gasteiger partial charge in [-0.15, -0.1) is 0 Å². The van der Waals surface area contributed by atoms with E-state index in [1.165, 1.54) is 11.1 Å². The van der Waals surface area contributed by atoms with Crippen LogP contribution in [0.25, 0.3) is 10.9 Å². The lowest BCUT2D eigenvalue weighted by Gasteiger charge is -2.31. The van der Waals surface area contributed by atoms with Crippen molar-refractivity contribution in [2.24, 2.45) is 0 Å². The van der Waals surface area contributed by atoms with Gasteiger partial charge in [0.05, 0.1) is 6.07 Å². The molecular formula is C21H18ClN3O. The van der Waals surface area contributed by atoms with E-state index in [0.717, 1.165) is 23.7 Å². The van der Waals surface area contributed by atoms with E-state index < -0.39 is 0 Å². The summed E-state index contributed by atoms with van der Waals surface area (Å²) in [5, 5.41) is 13.8. The molecule has 130 valence electrons. The first-order valence-electron chi connectivity index (χ1n) is 8.68. The van der Waals surface area contributed by atoms with Gasteiger partial charge >= 0.3 is 0 Å². The number of carbonyl (C=O) groups is 1. The van der Waals surface area contributed by atoms with Crippen molar-refractivity contribution in [2.45, 2.75) is 31.2 Å². The third kappa shape index (κ3) is 3.18. The molecule has 4 nitrogen and oxygen atoms in total. The maximum absolute atomic E-state index is 12.7. The van der Waals surface area contributed by atoms with Crippen LogP contribution in [0.4, 0.5) is 0 Å². The minimum atomic E-state index is -0.127. The average molecular weight is 364 g/mol. The summed E-state index contributed by atoms with van der Waals surface area (Å²) in [6.45, 7) is 0. The first-order chi connectivity index (χ1) is 12.6. The lowest BCUT2D eigenvalue weighted by molar-refractivity contribution is 0.0927. The van der Waals surface area contributed by atoms with Gasteiger partial charge < -0.3 is 10.3 Å². The van der Waals surface area contributed by atoms with E-state index in [1.54, 1.807) is 6.07 Å². The average Bonchev–Trinajstić information content (AvgIpc) is 3.05. The second kappa shape index (κ2) is 6.86. The zero-order valence-corrected chi connectivity index (χ0v) is 14.9. The first kappa shape index (κ1) is 16.7. The number of halogens is 1. The highest BCUT2D eigenvalue weighted by molar-refractivity contribution is 6.31. The highest BCUT2D eigenvalue weighted by Gasteiger charge is 2.28. The Morgan fingerprint density at radius 1 is 1.27 bits per heavy atom. The second-order valence-electron chi connectivity index (χ2n) is 6.78. The summed E-state index contributed by atoms with van der Waals surface area (Å²) >= 11 is 6.02. The molecule has 2 atom stereocenters. The lowest BCUT2D eigenvalue weighted by Crippen LogP contribution is -2.40. The number of aromatic amines is 1. The molecule has 0 saturated carbocycles. The maximum atomic E-state index is 12.7. The number of hydrogen-bond donors (Lipinski definition) is 2. The van der Waals surface area contributed by atoms with E-state index in [1.807, 2.05) is 30.3 Å². The Morgan fingerprint density at radius 3 is 2.96 bits per heavy atom. The largest absolute Gasteiger partial charge is 0.351 e. The molecule has 0 radical (unpaired) electrons. The van der Waals surface area contributed by atoms with Gasteiger partial charge in [0, 0.05) is 28.4 Å². The van der Waals surface area contributed by atoms with Gasteiger partial charge in [-0.2, -0.15) is 5.26 Å². The third-order valence-corrected chi connectivity index (χ3v) is 5.27. The molecule has 0 fully saturated rings. The molecule has 26 heavy (non-hydrogen) atoms. The maximum Gasteiger partial charge on any atom is 0.267 e. The van der Waals surface area contributed by atoms with E-state index >= 15 is 0 Å². The predicted molar refractivity (Wildman–Crippen MR) is 102 cm³/mol. The molecule has 1 aliphatic carbocycles. The van der Waals surface area contributed by atoms with Gasteiger partial charge in [-0.05, 0) is 54.2 Å². The van der Waals surface area contributed by atoms with Crippen LogP contribution in [0.1, 0.15) is 40.4 Å². The Morgan fingerprint density at radius 2 is 2.12 bits per heavy atom. The van der Waals surface area contributed by atoms with E-state index in [0.29, 0.717) is 17.1 Å². The summed E-state index contributed by atoms with van der Waals surface area (Å²) < 4.78 is 0. The molecule has 0 spiro atoms. The fourth-order valence-corrected chi connectivity index (χ4v) is 4.02. The summed E-state index contributed by atoms with van der Waals surface area (Å²) in [5.41, 5.74) is 3.86. The number of rotatable bonds is 3. The molecule has 2 aromatic carbocycles. The van der Waals surface area contributed by atoms with Crippen LogP contribution in [0.5, 0.6) is 0 Å². The number of nitrogens with one attached hydrogen (secondary N) is 2. The molecule has 0 bridgehead atoms. The molecule has 1 amide bonds. The summed E-state index contributed by atoms with van der Waals surface area (Å²) in [7, 11) is 0. The number of nitriles is 1. The summed E-state index contributed by atoms with van der Waals surface area (Å²) in [6.07, 6.45) is 2.03. The standard InChI is InChI=1S/C21H18ClN3O/c22-16-5-6-19-15(9-16)12-20(25-19)21(26)24-17-10-13-3-1-2-4-18(13)14(11-17)7-8-23/h1-6,9,12,14,17,25H,7,10-11H2,(H,24,26)/t14-,17?/m0/s1. The van der Waals surface area contributed by atoms with Crippen molar-refractivity contribution >= 4 is 28.4 Å². The van der Waals surface area contributed by atoms with E-state index in [2.05, 4.69) is 28.5 Å². The fraction of sp³-hybridized carbons (Fsp3) is 0.238. The quantitative estimate of drug-likeness (QED) is 0.716. The number of nitrogens with zero attached hydrogens (tertiary/aromatic N) is 1. The van der Waals surface area contributed by atoms with Gasteiger partial charge in [0.25, 0.3) is 5.91 Å².